The molecule has 1 saturated carbocycles. The molecular weight excluding hydrogens is 462 g/mol. The van der Waals surface area contributed by atoms with Crippen molar-refractivity contribution in [3.8, 4) is 5.75 Å². The summed E-state index contributed by atoms with van der Waals surface area (Å²) in [5, 5.41) is 0. The molecule has 2 aromatic carbocycles. The van der Waals surface area contributed by atoms with Gasteiger partial charge in [0, 0.05) is 45.2 Å². The van der Waals surface area contributed by atoms with Crippen molar-refractivity contribution in [3.63, 3.8) is 0 Å². The van der Waals surface area contributed by atoms with Crippen LogP contribution in [0.4, 0.5) is 0 Å². The summed E-state index contributed by atoms with van der Waals surface area (Å²) in [6.45, 7) is 12.6. The topological polar surface area (TPSA) is 53.1 Å². The molecule has 196 valence electrons. The van der Waals surface area contributed by atoms with E-state index >= 15 is 0 Å². The van der Waals surface area contributed by atoms with E-state index in [0.29, 0.717) is 25.3 Å². The van der Waals surface area contributed by atoms with Crippen LogP contribution in [0.1, 0.15) is 54.5 Å². The van der Waals surface area contributed by atoms with E-state index in [2.05, 4.69) is 59.7 Å². The molecule has 2 aromatic rings. The third-order valence-corrected chi connectivity index (χ3v) is 7.91. The third-order valence-electron chi connectivity index (χ3n) is 7.91. The molecule has 2 fully saturated rings. The number of ether oxygens (including phenoxy) is 1. The van der Waals surface area contributed by atoms with Gasteiger partial charge >= 0.3 is 0 Å². The van der Waals surface area contributed by atoms with Crippen LogP contribution in [0.25, 0.3) is 0 Å². The third kappa shape index (κ3) is 5.59. The highest BCUT2D eigenvalue weighted by atomic mass is 16.5. The molecule has 37 heavy (non-hydrogen) atoms. The number of hydrogen-bond donors (Lipinski definition) is 0. The maximum Gasteiger partial charge on any atom is 0.263 e. The molecule has 1 aliphatic carbocycles. The summed E-state index contributed by atoms with van der Waals surface area (Å²) in [5.74, 6) is 1.19. The Morgan fingerprint density at radius 3 is 2.54 bits per heavy atom. The van der Waals surface area contributed by atoms with Crippen LogP contribution < -0.4 is 4.74 Å². The molecule has 2 amide bonds. The predicted molar refractivity (Wildman–Crippen MR) is 146 cm³/mol. The predicted octanol–water partition coefficient (Wildman–Crippen LogP) is 4.37. The molecule has 2 heterocycles. The van der Waals surface area contributed by atoms with E-state index in [9.17, 15) is 9.59 Å². The first-order valence-corrected chi connectivity index (χ1v) is 13.8. The van der Waals surface area contributed by atoms with Gasteiger partial charge in [-0.05, 0) is 61.4 Å². The fourth-order valence-electron chi connectivity index (χ4n) is 5.68. The van der Waals surface area contributed by atoms with Crippen LogP contribution >= 0.6 is 0 Å². The molecule has 2 aliphatic heterocycles. The van der Waals surface area contributed by atoms with Gasteiger partial charge in [-0.1, -0.05) is 48.9 Å². The lowest BCUT2D eigenvalue weighted by molar-refractivity contribution is -0.140. The number of benzene rings is 2. The first-order valence-electron chi connectivity index (χ1n) is 13.8. The minimum absolute atomic E-state index is 0.0549. The molecule has 1 saturated heterocycles. The van der Waals surface area contributed by atoms with Gasteiger partial charge in [0.25, 0.3) is 5.91 Å². The quantitative estimate of drug-likeness (QED) is 0.504. The van der Waals surface area contributed by atoms with Crippen LogP contribution in [0.15, 0.2) is 55.1 Å². The second kappa shape index (κ2) is 11.1. The van der Waals surface area contributed by atoms with E-state index < -0.39 is 6.10 Å². The van der Waals surface area contributed by atoms with Crippen molar-refractivity contribution in [2.24, 2.45) is 5.92 Å². The molecule has 2 atom stereocenters. The summed E-state index contributed by atoms with van der Waals surface area (Å²) >= 11 is 0. The van der Waals surface area contributed by atoms with Gasteiger partial charge in [-0.2, -0.15) is 0 Å². The number of aryl methyl sites for hydroxylation is 1. The van der Waals surface area contributed by atoms with Crippen molar-refractivity contribution < 1.29 is 14.3 Å². The average molecular weight is 502 g/mol. The SMILES string of the molecule is C=CCN1CCN(C(=O)[C@H](CC)Oc2ccc3c(c2)[C@@H](c2cccc(C)c2)N(C(=O)C2CC2)CC3)CC1. The standard InChI is InChI=1S/C31H39N3O3/c1-4-14-32-16-18-33(19-17-32)31(36)28(5-2)37-26-12-11-23-13-15-34(30(35)24-9-10-24)29(27(23)21-26)25-8-6-7-22(3)20-25/h4,6-8,11-12,20-21,24,28-29H,1,5,9-10,13-19H2,2-3H3/t28-,29+/m0/s1. The molecule has 0 N–H and O–H groups in total. The van der Waals surface area contributed by atoms with Crippen LogP contribution in [0, 0.1) is 12.8 Å². The Kier molecular flexibility index (Phi) is 7.65. The Labute approximate surface area is 220 Å². The van der Waals surface area contributed by atoms with Gasteiger partial charge in [0.2, 0.25) is 5.91 Å². The lowest BCUT2D eigenvalue weighted by atomic mass is 9.87. The lowest BCUT2D eigenvalue weighted by Crippen LogP contribution is -2.52. The zero-order chi connectivity index (χ0) is 25.9. The van der Waals surface area contributed by atoms with Crippen LogP contribution in [0.2, 0.25) is 0 Å². The zero-order valence-electron chi connectivity index (χ0n) is 22.2. The number of hydrogen-bond acceptors (Lipinski definition) is 4. The van der Waals surface area contributed by atoms with Crippen molar-refractivity contribution in [1.29, 1.82) is 0 Å². The number of piperazine rings is 1. The minimum Gasteiger partial charge on any atom is -0.481 e. The number of carbonyl (C=O) groups is 2. The maximum absolute atomic E-state index is 13.3. The molecule has 0 radical (unpaired) electrons. The molecule has 3 aliphatic rings. The van der Waals surface area contributed by atoms with E-state index in [1.54, 1.807) is 0 Å². The highest BCUT2D eigenvalue weighted by Gasteiger charge is 2.40. The van der Waals surface area contributed by atoms with Crippen LogP contribution in [0.3, 0.4) is 0 Å². The monoisotopic (exact) mass is 501 g/mol. The summed E-state index contributed by atoms with van der Waals surface area (Å²) in [6.07, 6.45) is 4.82. The van der Waals surface area contributed by atoms with Crippen molar-refractivity contribution in [1.82, 2.24) is 14.7 Å². The summed E-state index contributed by atoms with van der Waals surface area (Å²) < 4.78 is 6.36. The summed E-state index contributed by atoms with van der Waals surface area (Å²) in [5.41, 5.74) is 4.67. The summed E-state index contributed by atoms with van der Waals surface area (Å²) in [7, 11) is 0. The van der Waals surface area contributed by atoms with Gasteiger partial charge in [0.05, 0.1) is 6.04 Å². The van der Waals surface area contributed by atoms with Crippen LogP contribution in [0.5, 0.6) is 5.75 Å². The van der Waals surface area contributed by atoms with E-state index in [-0.39, 0.29) is 23.8 Å². The highest BCUT2D eigenvalue weighted by molar-refractivity contribution is 5.83. The van der Waals surface area contributed by atoms with E-state index in [4.69, 9.17) is 4.74 Å². The number of nitrogens with zero attached hydrogens (tertiary/aromatic N) is 3. The number of carbonyl (C=O) groups excluding carboxylic acids is 2. The lowest BCUT2D eigenvalue weighted by Gasteiger charge is -2.38. The van der Waals surface area contributed by atoms with E-state index in [0.717, 1.165) is 56.6 Å². The second-order valence-corrected chi connectivity index (χ2v) is 10.7. The van der Waals surface area contributed by atoms with Crippen molar-refractivity contribution in [2.45, 2.75) is 51.7 Å². The van der Waals surface area contributed by atoms with Crippen LogP contribution in [-0.4, -0.2) is 71.9 Å². The van der Waals surface area contributed by atoms with Crippen molar-refractivity contribution >= 4 is 11.8 Å². The highest BCUT2D eigenvalue weighted by Crippen LogP contribution is 2.41. The first-order chi connectivity index (χ1) is 18.0. The smallest absolute Gasteiger partial charge is 0.263 e. The molecule has 0 bridgehead atoms. The van der Waals surface area contributed by atoms with Crippen molar-refractivity contribution in [3.05, 3.63) is 77.4 Å². The van der Waals surface area contributed by atoms with Crippen LogP contribution in [-0.2, 0) is 16.0 Å². The molecule has 0 unspecified atom stereocenters. The molecule has 0 spiro atoms. The van der Waals surface area contributed by atoms with Gasteiger partial charge in [0.15, 0.2) is 6.10 Å². The molecule has 6 nitrogen and oxygen atoms in total. The fraction of sp³-hybridized carbons (Fsp3) is 0.484. The molecule has 5 rings (SSSR count). The molecule has 0 aromatic heterocycles. The van der Waals surface area contributed by atoms with E-state index in [1.807, 2.05) is 24.0 Å². The van der Waals surface area contributed by atoms with Crippen molar-refractivity contribution in [2.75, 3.05) is 39.3 Å². The minimum atomic E-state index is -0.519. The van der Waals surface area contributed by atoms with Gasteiger partial charge in [-0.15, -0.1) is 6.58 Å². The Bertz CT molecular complexity index is 1150. The number of rotatable bonds is 8. The summed E-state index contributed by atoms with van der Waals surface area (Å²) in [4.78, 5) is 33.0. The maximum atomic E-state index is 13.3. The first kappa shape index (κ1) is 25.5. The Morgan fingerprint density at radius 2 is 1.86 bits per heavy atom. The summed E-state index contributed by atoms with van der Waals surface area (Å²) in [6, 6.07) is 14.5. The Balaban J connectivity index is 1.38. The van der Waals surface area contributed by atoms with Gasteiger partial charge in [-0.3, -0.25) is 14.5 Å². The number of amides is 2. The van der Waals surface area contributed by atoms with Gasteiger partial charge in [-0.25, -0.2) is 0 Å². The fourth-order valence-corrected chi connectivity index (χ4v) is 5.68. The largest absolute Gasteiger partial charge is 0.481 e. The average Bonchev–Trinajstić information content (AvgIpc) is 3.76. The molecule has 6 heteroatoms. The second-order valence-electron chi connectivity index (χ2n) is 10.7. The van der Waals surface area contributed by atoms with Gasteiger partial charge in [0.1, 0.15) is 5.75 Å². The Morgan fingerprint density at radius 1 is 1.08 bits per heavy atom. The zero-order valence-corrected chi connectivity index (χ0v) is 22.2. The van der Waals surface area contributed by atoms with Gasteiger partial charge < -0.3 is 14.5 Å². The van der Waals surface area contributed by atoms with E-state index in [1.165, 1.54) is 11.1 Å². The number of fused-ring (bicyclic) bond motifs is 1. The normalized spacial score (nSPS) is 20.8. The Hall–Kier alpha value is -3.12. The molecular formula is C31H39N3O3.